The van der Waals surface area contributed by atoms with Gasteiger partial charge in [-0.3, -0.25) is 9.69 Å². The zero-order valence-corrected chi connectivity index (χ0v) is 14.3. The maximum atomic E-state index is 12.6. The third-order valence-corrected chi connectivity index (χ3v) is 6.67. The molecule has 2 atom stereocenters. The second kappa shape index (κ2) is 6.61. The van der Waals surface area contributed by atoms with E-state index in [1.807, 2.05) is 30.1 Å². The molecule has 3 rings (SSSR count). The van der Waals surface area contributed by atoms with E-state index in [9.17, 15) is 13.2 Å². The number of hydrogen-bond acceptors (Lipinski definition) is 4. The van der Waals surface area contributed by atoms with Crippen molar-refractivity contribution in [3.8, 4) is 0 Å². The highest BCUT2D eigenvalue weighted by atomic mass is 32.2. The van der Waals surface area contributed by atoms with E-state index in [1.54, 1.807) is 0 Å². The Hall–Kier alpha value is -1.40. The van der Waals surface area contributed by atoms with Crippen LogP contribution < -0.4 is 0 Å². The van der Waals surface area contributed by atoms with Crippen LogP contribution in [-0.4, -0.2) is 67.9 Å². The lowest BCUT2D eigenvalue weighted by Crippen LogP contribution is -2.59. The van der Waals surface area contributed by atoms with Crippen molar-refractivity contribution < 1.29 is 13.2 Å². The van der Waals surface area contributed by atoms with Gasteiger partial charge in [0.15, 0.2) is 9.84 Å². The molecule has 23 heavy (non-hydrogen) atoms. The monoisotopic (exact) mass is 336 g/mol. The second-order valence-corrected chi connectivity index (χ2v) is 8.77. The number of rotatable bonds is 4. The zero-order valence-electron chi connectivity index (χ0n) is 13.5. The predicted octanol–water partition coefficient (Wildman–Crippen LogP) is 0.949. The van der Waals surface area contributed by atoms with Gasteiger partial charge in [-0.25, -0.2) is 8.42 Å². The molecule has 1 amide bonds. The molecule has 126 valence electrons. The Bertz CT molecular complexity index is 660. The lowest BCUT2D eigenvalue weighted by atomic mass is 10.0. The van der Waals surface area contributed by atoms with E-state index in [2.05, 4.69) is 17.0 Å². The molecule has 2 heterocycles. The molecule has 0 aliphatic carbocycles. The first-order valence-corrected chi connectivity index (χ1v) is 10.0. The highest BCUT2D eigenvalue weighted by Gasteiger charge is 2.46. The minimum Gasteiger partial charge on any atom is -0.336 e. The summed E-state index contributed by atoms with van der Waals surface area (Å²) < 4.78 is 23.9. The summed E-state index contributed by atoms with van der Waals surface area (Å²) in [6.45, 7) is 1.39. The third-order valence-electron chi connectivity index (χ3n) is 4.97. The van der Waals surface area contributed by atoms with Gasteiger partial charge in [0, 0.05) is 25.6 Å². The molecule has 5 nitrogen and oxygen atoms in total. The molecule has 1 aromatic rings. The van der Waals surface area contributed by atoms with Crippen LogP contribution in [-0.2, 0) is 21.1 Å². The fraction of sp³-hybridized carbons (Fsp3) is 0.588. The van der Waals surface area contributed by atoms with Crippen molar-refractivity contribution in [2.45, 2.75) is 31.3 Å². The van der Waals surface area contributed by atoms with Crippen molar-refractivity contribution >= 4 is 15.7 Å². The van der Waals surface area contributed by atoms with Crippen LogP contribution in [0.15, 0.2) is 30.3 Å². The Kier molecular flexibility index (Phi) is 4.73. The van der Waals surface area contributed by atoms with Crippen LogP contribution in [0.3, 0.4) is 0 Å². The lowest BCUT2D eigenvalue weighted by molar-refractivity contribution is -0.136. The summed E-state index contributed by atoms with van der Waals surface area (Å²) in [5, 5.41) is 0. The van der Waals surface area contributed by atoms with Crippen molar-refractivity contribution in [2.75, 3.05) is 31.6 Å². The number of hydrogen-bond donors (Lipinski definition) is 0. The van der Waals surface area contributed by atoms with Crippen LogP contribution in [0.5, 0.6) is 0 Å². The van der Waals surface area contributed by atoms with Crippen LogP contribution in [0.25, 0.3) is 0 Å². The summed E-state index contributed by atoms with van der Waals surface area (Å²) >= 11 is 0. The first-order chi connectivity index (χ1) is 11.0. The normalized spacial score (nSPS) is 26.9. The van der Waals surface area contributed by atoms with Crippen LogP contribution in [0.2, 0.25) is 0 Å². The Labute approximate surface area is 138 Å². The van der Waals surface area contributed by atoms with Gasteiger partial charge in [-0.15, -0.1) is 0 Å². The fourth-order valence-electron chi connectivity index (χ4n) is 3.67. The first kappa shape index (κ1) is 16.5. The standard InChI is InChI=1S/C17H24N2O3S/c1-18-10-11-19(16-13-23(21,22)12-15(16)18)17(20)9-5-8-14-6-3-2-4-7-14/h2-4,6-7,15-16H,5,8-13H2,1H3/t15-,16+/m0/s1. The molecule has 2 aliphatic rings. The van der Waals surface area contributed by atoms with Gasteiger partial charge < -0.3 is 4.90 Å². The smallest absolute Gasteiger partial charge is 0.222 e. The summed E-state index contributed by atoms with van der Waals surface area (Å²) in [6.07, 6.45) is 2.17. The number of amides is 1. The van der Waals surface area contributed by atoms with Gasteiger partial charge in [0.1, 0.15) is 0 Å². The van der Waals surface area contributed by atoms with Gasteiger partial charge in [0.05, 0.1) is 17.5 Å². The van der Waals surface area contributed by atoms with Crippen molar-refractivity contribution in [3.63, 3.8) is 0 Å². The van der Waals surface area contributed by atoms with Crippen molar-refractivity contribution in [3.05, 3.63) is 35.9 Å². The largest absolute Gasteiger partial charge is 0.336 e. The molecule has 2 aliphatic heterocycles. The first-order valence-electron chi connectivity index (χ1n) is 8.20. The van der Waals surface area contributed by atoms with Gasteiger partial charge >= 0.3 is 0 Å². The maximum Gasteiger partial charge on any atom is 0.222 e. The lowest BCUT2D eigenvalue weighted by Gasteiger charge is -2.42. The van der Waals surface area contributed by atoms with Crippen molar-refractivity contribution in [1.82, 2.24) is 9.80 Å². The minimum absolute atomic E-state index is 0.0353. The quantitative estimate of drug-likeness (QED) is 0.821. The number of carbonyl (C=O) groups is 1. The molecule has 2 fully saturated rings. The molecule has 1 aromatic carbocycles. The topological polar surface area (TPSA) is 57.7 Å². The van der Waals surface area contributed by atoms with Gasteiger partial charge in [-0.05, 0) is 25.5 Å². The summed E-state index contributed by atoms with van der Waals surface area (Å²) in [7, 11) is -1.07. The molecule has 0 spiro atoms. The number of benzene rings is 1. The minimum atomic E-state index is -3.03. The molecule has 0 unspecified atom stereocenters. The van der Waals surface area contributed by atoms with Crippen LogP contribution in [0, 0.1) is 0 Å². The van der Waals surface area contributed by atoms with Crippen LogP contribution >= 0.6 is 0 Å². The van der Waals surface area contributed by atoms with Gasteiger partial charge in [0.2, 0.25) is 5.91 Å². The number of carbonyl (C=O) groups excluding carboxylic acids is 1. The van der Waals surface area contributed by atoms with E-state index >= 15 is 0 Å². The van der Waals surface area contributed by atoms with E-state index in [-0.39, 0.29) is 29.5 Å². The molecule has 6 heteroatoms. The van der Waals surface area contributed by atoms with E-state index in [0.29, 0.717) is 13.0 Å². The summed E-state index contributed by atoms with van der Waals surface area (Å²) in [5.74, 6) is 0.398. The number of aryl methyl sites for hydroxylation is 1. The number of piperazine rings is 1. The Morgan fingerprint density at radius 3 is 2.57 bits per heavy atom. The van der Waals surface area contributed by atoms with Crippen LogP contribution in [0.1, 0.15) is 18.4 Å². The van der Waals surface area contributed by atoms with E-state index < -0.39 is 9.84 Å². The predicted molar refractivity (Wildman–Crippen MR) is 90.0 cm³/mol. The third kappa shape index (κ3) is 3.75. The van der Waals surface area contributed by atoms with Gasteiger partial charge in [0.25, 0.3) is 0 Å². The van der Waals surface area contributed by atoms with E-state index in [4.69, 9.17) is 0 Å². The number of sulfone groups is 1. The summed E-state index contributed by atoms with van der Waals surface area (Å²) in [5.41, 5.74) is 1.24. The number of likely N-dealkylation sites (N-methyl/N-ethyl adjacent to an activating group) is 1. The second-order valence-electron chi connectivity index (χ2n) is 6.62. The Balaban J connectivity index is 1.58. The molecular weight excluding hydrogens is 312 g/mol. The molecule has 2 saturated heterocycles. The van der Waals surface area contributed by atoms with Crippen molar-refractivity contribution in [1.29, 1.82) is 0 Å². The SMILES string of the molecule is CN1CCN(C(=O)CCCc2ccccc2)[C@@H]2CS(=O)(=O)C[C@@H]21. The highest BCUT2D eigenvalue weighted by Crippen LogP contribution is 2.26. The average Bonchev–Trinajstić information content (AvgIpc) is 2.84. The number of nitrogens with zero attached hydrogens (tertiary/aromatic N) is 2. The molecule has 0 N–H and O–H groups in total. The molecular formula is C17H24N2O3S. The molecule has 0 radical (unpaired) electrons. The highest BCUT2D eigenvalue weighted by molar-refractivity contribution is 7.91. The van der Waals surface area contributed by atoms with E-state index in [1.165, 1.54) is 5.56 Å². The Morgan fingerprint density at radius 2 is 1.83 bits per heavy atom. The summed E-state index contributed by atoms with van der Waals surface area (Å²) in [4.78, 5) is 16.5. The van der Waals surface area contributed by atoms with Crippen molar-refractivity contribution in [2.24, 2.45) is 0 Å². The zero-order chi connectivity index (χ0) is 16.4. The number of fused-ring (bicyclic) bond motifs is 1. The fourth-order valence-corrected chi connectivity index (χ4v) is 5.72. The molecule has 0 aromatic heterocycles. The molecule has 0 bridgehead atoms. The van der Waals surface area contributed by atoms with E-state index in [0.717, 1.165) is 19.4 Å². The molecule has 0 saturated carbocycles. The Morgan fingerprint density at radius 1 is 1.13 bits per heavy atom. The van der Waals surface area contributed by atoms with Gasteiger partial charge in [-0.2, -0.15) is 0 Å². The average molecular weight is 336 g/mol. The maximum absolute atomic E-state index is 12.6. The summed E-state index contributed by atoms with van der Waals surface area (Å²) in [6, 6.07) is 9.94. The van der Waals surface area contributed by atoms with Crippen LogP contribution in [0.4, 0.5) is 0 Å². The van der Waals surface area contributed by atoms with Gasteiger partial charge in [-0.1, -0.05) is 30.3 Å².